The molecule has 0 aliphatic carbocycles. The molecule has 0 saturated carbocycles. The van der Waals surface area contributed by atoms with E-state index in [1.165, 1.54) is 64.2 Å². The molecule has 6 heteroatoms. The number of carbonyl (C=O) groups is 3. The molecule has 1 atom stereocenters. The van der Waals surface area contributed by atoms with E-state index >= 15 is 0 Å². The van der Waals surface area contributed by atoms with Gasteiger partial charge in [-0.15, -0.1) is 0 Å². The molecule has 0 bridgehead atoms. The summed E-state index contributed by atoms with van der Waals surface area (Å²) in [5.41, 5.74) is 0. The fraction of sp³-hybridized carbons (Fsp3) is 0.644. The first-order valence-corrected chi connectivity index (χ1v) is 26.5. The first-order chi connectivity index (χ1) is 32.0. The van der Waals surface area contributed by atoms with Crippen LogP contribution in [0.2, 0.25) is 0 Å². The number of rotatable bonds is 46. The SMILES string of the molecule is CC/C=C/C=C/C=C/CCCCCCCC(=O)OCC(COC(=O)CCCCCCC/C=C/C=C/C=C/C=C/CCCCC)OC(=O)CCCCC/C=C/C=C/CCCCCCCCC. The zero-order valence-corrected chi connectivity index (χ0v) is 42.0. The average molecular weight is 901 g/mol. The molecule has 6 nitrogen and oxygen atoms in total. The maximum absolute atomic E-state index is 12.8. The number of hydrogen-bond donors (Lipinski definition) is 0. The van der Waals surface area contributed by atoms with Crippen molar-refractivity contribution >= 4 is 17.9 Å². The Bertz CT molecular complexity index is 1360. The minimum absolute atomic E-state index is 0.110. The molecule has 0 aromatic heterocycles. The summed E-state index contributed by atoms with van der Waals surface area (Å²) in [6, 6.07) is 0. The van der Waals surface area contributed by atoms with Gasteiger partial charge in [0.1, 0.15) is 13.2 Å². The highest BCUT2D eigenvalue weighted by atomic mass is 16.6. The lowest BCUT2D eigenvalue weighted by Gasteiger charge is -2.18. The van der Waals surface area contributed by atoms with Crippen molar-refractivity contribution in [2.75, 3.05) is 13.2 Å². The monoisotopic (exact) mass is 901 g/mol. The Kier molecular flexibility index (Phi) is 49.5. The van der Waals surface area contributed by atoms with Crippen LogP contribution < -0.4 is 0 Å². The zero-order valence-electron chi connectivity index (χ0n) is 42.0. The number of hydrogen-bond acceptors (Lipinski definition) is 6. The molecular weight excluding hydrogens is 805 g/mol. The lowest BCUT2D eigenvalue weighted by atomic mass is 10.1. The van der Waals surface area contributed by atoms with Crippen LogP contribution in [0, 0.1) is 0 Å². The van der Waals surface area contributed by atoms with Crippen LogP contribution in [0.5, 0.6) is 0 Å². The van der Waals surface area contributed by atoms with Gasteiger partial charge in [-0.2, -0.15) is 0 Å². The molecule has 65 heavy (non-hydrogen) atoms. The van der Waals surface area contributed by atoms with Crippen LogP contribution in [-0.2, 0) is 28.6 Å². The fourth-order valence-corrected chi connectivity index (χ4v) is 6.91. The molecule has 1 unspecified atom stereocenters. The van der Waals surface area contributed by atoms with E-state index in [9.17, 15) is 14.4 Å². The molecule has 0 radical (unpaired) electrons. The molecule has 0 amide bonds. The molecule has 0 fully saturated rings. The Labute approximate surface area is 400 Å². The van der Waals surface area contributed by atoms with Crippen molar-refractivity contribution in [3.8, 4) is 0 Å². The Hall–Kier alpha value is -3.93. The molecule has 0 saturated heterocycles. The van der Waals surface area contributed by atoms with Crippen LogP contribution in [-0.4, -0.2) is 37.2 Å². The third-order valence-corrected chi connectivity index (χ3v) is 10.9. The van der Waals surface area contributed by atoms with E-state index in [1.807, 2.05) is 0 Å². The minimum atomic E-state index is -0.812. The Morgan fingerprint density at radius 1 is 0.323 bits per heavy atom. The third-order valence-electron chi connectivity index (χ3n) is 10.9. The van der Waals surface area contributed by atoms with Gasteiger partial charge in [0.2, 0.25) is 0 Å². The molecule has 0 rings (SSSR count). The Morgan fingerprint density at radius 3 is 1.00 bits per heavy atom. The largest absolute Gasteiger partial charge is 0.462 e. The summed E-state index contributed by atoms with van der Waals surface area (Å²) in [5.74, 6) is -0.982. The fourth-order valence-electron chi connectivity index (χ4n) is 6.91. The van der Waals surface area contributed by atoms with E-state index in [-0.39, 0.29) is 37.5 Å². The van der Waals surface area contributed by atoms with Gasteiger partial charge in [0.15, 0.2) is 6.10 Å². The summed E-state index contributed by atoms with van der Waals surface area (Å²) in [7, 11) is 0. The van der Waals surface area contributed by atoms with Gasteiger partial charge < -0.3 is 14.2 Å². The lowest BCUT2D eigenvalue weighted by molar-refractivity contribution is -0.167. The Balaban J connectivity index is 4.52. The molecule has 0 aliphatic heterocycles. The van der Waals surface area contributed by atoms with E-state index < -0.39 is 6.10 Å². The highest BCUT2D eigenvalue weighted by Crippen LogP contribution is 2.13. The number of carbonyl (C=O) groups excluding carboxylic acids is 3. The van der Waals surface area contributed by atoms with Crippen molar-refractivity contribution < 1.29 is 28.6 Å². The number of allylic oxidation sites excluding steroid dienone is 18. The quantitative estimate of drug-likeness (QED) is 0.0262. The van der Waals surface area contributed by atoms with Crippen LogP contribution in [0.25, 0.3) is 0 Å². The molecule has 0 heterocycles. The zero-order chi connectivity index (χ0) is 47.2. The summed E-state index contributed by atoms with van der Waals surface area (Å²) in [4.78, 5) is 38.0. The topological polar surface area (TPSA) is 78.9 Å². The molecule has 0 aliphatic rings. The Morgan fingerprint density at radius 2 is 0.600 bits per heavy atom. The second-order valence-electron chi connectivity index (χ2n) is 17.2. The van der Waals surface area contributed by atoms with Crippen molar-refractivity contribution in [1.82, 2.24) is 0 Å². The predicted octanol–water partition coefficient (Wildman–Crippen LogP) is 17.5. The van der Waals surface area contributed by atoms with Crippen molar-refractivity contribution in [1.29, 1.82) is 0 Å². The number of esters is 3. The molecule has 0 spiro atoms. The summed E-state index contributed by atoms with van der Waals surface area (Å²) < 4.78 is 16.8. The van der Waals surface area contributed by atoms with Crippen molar-refractivity contribution in [3.05, 3.63) is 109 Å². The molecule has 0 N–H and O–H groups in total. The van der Waals surface area contributed by atoms with Gasteiger partial charge in [-0.1, -0.05) is 226 Å². The van der Waals surface area contributed by atoms with Gasteiger partial charge in [0, 0.05) is 19.3 Å². The summed E-state index contributed by atoms with van der Waals surface area (Å²) in [6.45, 7) is 6.39. The van der Waals surface area contributed by atoms with Crippen molar-refractivity contribution in [2.45, 2.75) is 232 Å². The lowest BCUT2D eigenvalue weighted by Crippen LogP contribution is -2.30. The number of ether oxygens (including phenoxy) is 3. The smallest absolute Gasteiger partial charge is 0.306 e. The maximum atomic E-state index is 12.8. The van der Waals surface area contributed by atoms with Gasteiger partial charge in [-0.05, 0) is 89.9 Å². The first kappa shape index (κ1) is 61.1. The van der Waals surface area contributed by atoms with Gasteiger partial charge in [0.25, 0.3) is 0 Å². The van der Waals surface area contributed by atoms with Crippen LogP contribution in [0.15, 0.2) is 109 Å². The number of unbranched alkanes of at least 4 members (excludes halogenated alkanes) is 23. The summed E-state index contributed by atoms with van der Waals surface area (Å²) in [6.07, 6.45) is 70.7. The van der Waals surface area contributed by atoms with E-state index in [0.717, 1.165) is 122 Å². The van der Waals surface area contributed by atoms with Gasteiger partial charge in [-0.3, -0.25) is 14.4 Å². The van der Waals surface area contributed by atoms with E-state index in [0.29, 0.717) is 12.8 Å². The van der Waals surface area contributed by atoms with Crippen LogP contribution >= 0.6 is 0 Å². The summed E-state index contributed by atoms with van der Waals surface area (Å²) in [5, 5.41) is 0. The normalized spacial score (nSPS) is 13.0. The van der Waals surface area contributed by atoms with E-state index in [1.54, 1.807) is 0 Å². The second kappa shape index (κ2) is 52.7. The maximum Gasteiger partial charge on any atom is 0.306 e. The first-order valence-electron chi connectivity index (χ1n) is 26.5. The molecule has 368 valence electrons. The molecule has 0 aromatic rings. The van der Waals surface area contributed by atoms with Crippen LogP contribution in [0.4, 0.5) is 0 Å². The third kappa shape index (κ3) is 50.9. The molecule has 0 aromatic carbocycles. The van der Waals surface area contributed by atoms with E-state index in [4.69, 9.17) is 14.2 Å². The van der Waals surface area contributed by atoms with Gasteiger partial charge in [0.05, 0.1) is 0 Å². The van der Waals surface area contributed by atoms with Crippen LogP contribution in [0.3, 0.4) is 0 Å². The summed E-state index contributed by atoms with van der Waals surface area (Å²) >= 11 is 0. The van der Waals surface area contributed by atoms with Crippen molar-refractivity contribution in [2.24, 2.45) is 0 Å². The van der Waals surface area contributed by atoms with Crippen LogP contribution in [0.1, 0.15) is 226 Å². The second-order valence-corrected chi connectivity index (χ2v) is 17.2. The van der Waals surface area contributed by atoms with Gasteiger partial charge >= 0.3 is 17.9 Å². The highest BCUT2D eigenvalue weighted by Gasteiger charge is 2.19. The van der Waals surface area contributed by atoms with Crippen molar-refractivity contribution in [3.63, 3.8) is 0 Å². The predicted molar refractivity (Wildman–Crippen MR) is 279 cm³/mol. The standard InChI is InChI=1S/C59H96O6/c1-4-7-10-13-16-19-22-25-27-29-30-32-34-37-40-43-46-49-52-58(61)64-55-56(54-63-57(60)51-48-45-42-39-36-33-24-21-18-15-12-9-6-3)65-59(62)53-50-47-44-41-38-35-31-28-26-23-20-17-14-11-8-5-2/h9,12,15-16,18-19,21-22,24-25,27-32,35,38,56H,4-8,10-11,13-14,17,20,23,26,33-34,36-37,39-55H2,1-3H3/b12-9+,18-15+,19-16+,24-21+,25-22+,29-27+,31-28+,32-30+,38-35+. The average Bonchev–Trinajstić information content (AvgIpc) is 3.30. The highest BCUT2D eigenvalue weighted by molar-refractivity contribution is 5.71. The van der Waals surface area contributed by atoms with E-state index in [2.05, 4.69) is 130 Å². The minimum Gasteiger partial charge on any atom is -0.462 e. The van der Waals surface area contributed by atoms with Gasteiger partial charge in [-0.25, -0.2) is 0 Å². The molecular formula is C59H96O6.